The molecule has 3 N–H and O–H groups in total. The zero-order chi connectivity index (χ0) is 13.8. The standard InChI is InChI=1S/C10H19N3O3S2/c1-18(15,16)7-10(14)12-8-2-4-13(5-3-8)6-9(11)17/h8H,2-7H2,1H3,(H2,11,17)(H,12,14). The molecule has 104 valence electrons. The lowest BCUT2D eigenvalue weighted by molar-refractivity contribution is -0.119. The van der Waals surface area contributed by atoms with Gasteiger partial charge in [0.25, 0.3) is 0 Å². The van der Waals surface area contributed by atoms with Gasteiger partial charge in [0.05, 0.1) is 4.99 Å². The number of sulfone groups is 1. The zero-order valence-electron chi connectivity index (χ0n) is 10.4. The van der Waals surface area contributed by atoms with E-state index in [1.165, 1.54) is 0 Å². The summed E-state index contributed by atoms with van der Waals surface area (Å²) in [5.41, 5.74) is 5.46. The summed E-state index contributed by atoms with van der Waals surface area (Å²) in [6.45, 7) is 2.21. The number of hydrogen-bond donors (Lipinski definition) is 2. The number of nitrogens with two attached hydrogens (primary N) is 1. The molecular weight excluding hydrogens is 274 g/mol. The van der Waals surface area contributed by atoms with Gasteiger partial charge in [0.2, 0.25) is 5.91 Å². The molecule has 0 aliphatic carbocycles. The number of nitrogens with one attached hydrogen (secondary N) is 1. The minimum absolute atomic E-state index is 0.0434. The third-order valence-corrected chi connectivity index (χ3v) is 3.64. The van der Waals surface area contributed by atoms with Crippen LogP contribution in [0, 0.1) is 0 Å². The smallest absolute Gasteiger partial charge is 0.235 e. The fourth-order valence-electron chi connectivity index (χ4n) is 1.96. The van der Waals surface area contributed by atoms with Gasteiger partial charge in [0, 0.05) is 31.9 Å². The topological polar surface area (TPSA) is 92.5 Å². The lowest BCUT2D eigenvalue weighted by atomic mass is 10.1. The summed E-state index contributed by atoms with van der Waals surface area (Å²) in [4.78, 5) is 14.0. The van der Waals surface area contributed by atoms with Crippen molar-refractivity contribution >= 4 is 33.0 Å². The molecule has 1 aliphatic rings. The molecule has 1 heterocycles. The van der Waals surface area contributed by atoms with Crippen LogP contribution in [0.3, 0.4) is 0 Å². The average Bonchev–Trinajstić information content (AvgIpc) is 2.17. The van der Waals surface area contributed by atoms with E-state index in [0.717, 1.165) is 32.2 Å². The van der Waals surface area contributed by atoms with Crippen molar-refractivity contribution < 1.29 is 13.2 Å². The molecule has 8 heteroatoms. The minimum Gasteiger partial charge on any atom is -0.392 e. The van der Waals surface area contributed by atoms with Crippen molar-refractivity contribution in [3.63, 3.8) is 0 Å². The maximum atomic E-state index is 11.4. The van der Waals surface area contributed by atoms with Crippen molar-refractivity contribution in [3.8, 4) is 0 Å². The van der Waals surface area contributed by atoms with Gasteiger partial charge in [-0.05, 0) is 12.8 Å². The van der Waals surface area contributed by atoms with Gasteiger partial charge in [-0.15, -0.1) is 0 Å². The van der Waals surface area contributed by atoms with Gasteiger partial charge in [-0.25, -0.2) is 8.42 Å². The van der Waals surface area contributed by atoms with Gasteiger partial charge in [-0.2, -0.15) is 0 Å². The molecule has 0 aromatic rings. The molecule has 0 bridgehead atoms. The van der Waals surface area contributed by atoms with Crippen LogP contribution in [0.5, 0.6) is 0 Å². The molecule has 0 spiro atoms. The minimum atomic E-state index is -3.26. The second-order valence-corrected chi connectivity index (χ2v) is 7.32. The third-order valence-electron chi connectivity index (χ3n) is 2.73. The van der Waals surface area contributed by atoms with Crippen LogP contribution in [0.1, 0.15) is 12.8 Å². The molecule has 0 atom stereocenters. The highest BCUT2D eigenvalue weighted by Gasteiger charge is 2.22. The predicted octanol–water partition coefficient (Wildman–Crippen LogP) is -1.10. The molecule has 0 unspecified atom stereocenters. The summed E-state index contributed by atoms with van der Waals surface area (Å²) < 4.78 is 21.9. The summed E-state index contributed by atoms with van der Waals surface area (Å²) in [5.74, 6) is -0.870. The number of nitrogens with zero attached hydrogens (tertiary/aromatic N) is 1. The van der Waals surface area contributed by atoms with E-state index in [1.54, 1.807) is 0 Å². The summed E-state index contributed by atoms with van der Waals surface area (Å²) in [6, 6.07) is 0.0434. The fourth-order valence-corrected chi connectivity index (χ4v) is 2.71. The van der Waals surface area contributed by atoms with Crippen LogP contribution in [-0.4, -0.2) is 61.9 Å². The molecule has 6 nitrogen and oxygen atoms in total. The molecule has 1 fully saturated rings. The van der Waals surface area contributed by atoms with E-state index in [9.17, 15) is 13.2 Å². The molecular formula is C10H19N3O3S2. The Labute approximate surface area is 113 Å². The van der Waals surface area contributed by atoms with Gasteiger partial charge in [0.1, 0.15) is 5.75 Å². The van der Waals surface area contributed by atoms with Crippen molar-refractivity contribution in [3.05, 3.63) is 0 Å². The van der Waals surface area contributed by atoms with Crippen LogP contribution in [0.2, 0.25) is 0 Å². The monoisotopic (exact) mass is 293 g/mol. The normalized spacial score (nSPS) is 18.5. The molecule has 1 saturated heterocycles. The highest BCUT2D eigenvalue weighted by molar-refractivity contribution is 7.91. The second kappa shape index (κ2) is 6.44. The van der Waals surface area contributed by atoms with Crippen LogP contribution in [-0.2, 0) is 14.6 Å². The summed E-state index contributed by atoms with van der Waals surface area (Å²) >= 11 is 4.84. The van der Waals surface area contributed by atoms with Gasteiger partial charge in [-0.3, -0.25) is 9.69 Å². The Kier molecular flexibility index (Phi) is 5.48. The Hall–Kier alpha value is -0.730. The molecule has 1 amide bonds. The van der Waals surface area contributed by atoms with Gasteiger partial charge in [0.15, 0.2) is 9.84 Å². The Morgan fingerprint density at radius 2 is 2.00 bits per heavy atom. The highest BCUT2D eigenvalue weighted by Crippen LogP contribution is 2.09. The Bertz CT molecular complexity index is 414. The molecule has 1 aliphatic heterocycles. The number of thiocarbonyl (C=S) groups is 1. The largest absolute Gasteiger partial charge is 0.392 e. The van der Waals surface area contributed by atoms with Crippen molar-refractivity contribution in [1.29, 1.82) is 0 Å². The average molecular weight is 293 g/mol. The van der Waals surface area contributed by atoms with Crippen LogP contribution < -0.4 is 11.1 Å². The lowest BCUT2D eigenvalue weighted by Gasteiger charge is -2.31. The quantitative estimate of drug-likeness (QED) is 0.625. The predicted molar refractivity (Wildman–Crippen MR) is 74.1 cm³/mol. The SMILES string of the molecule is CS(=O)(=O)CC(=O)NC1CCN(CC(N)=S)CC1. The summed E-state index contributed by atoms with van der Waals surface area (Å²) in [7, 11) is -3.26. The van der Waals surface area contributed by atoms with Crippen LogP contribution in [0.15, 0.2) is 0 Å². The number of rotatable bonds is 5. The molecule has 0 saturated carbocycles. The van der Waals surface area contributed by atoms with E-state index < -0.39 is 21.5 Å². The van der Waals surface area contributed by atoms with E-state index in [2.05, 4.69) is 10.2 Å². The number of carbonyl (C=O) groups excluding carboxylic acids is 1. The number of likely N-dealkylation sites (tertiary alicyclic amines) is 1. The first-order valence-electron chi connectivity index (χ1n) is 5.74. The lowest BCUT2D eigenvalue weighted by Crippen LogP contribution is -2.47. The molecule has 0 aromatic heterocycles. The number of hydrogen-bond acceptors (Lipinski definition) is 5. The van der Waals surface area contributed by atoms with E-state index in [4.69, 9.17) is 18.0 Å². The Morgan fingerprint density at radius 3 is 2.44 bits per heavy atom. The molecule has 1 rings (SSSR count). The van der Waals surface area contributed by atoms with E-state index in [0.29, 0.717) is 11.5 Å². The zero-order valence-corrected chi connectivity index (χ0v) is 12.0. The number of piperidine rings is 1. The van der Waals surface area contributed by atoms with Gasteiger partial charge < -0.3 is 11.1 Å². The van der Waals surface area contributed by atoms with Crippen molar-refractivity contribution in [1.82, 2.24) is 10.2 Å². The molecule has 18 heavy (non-hydrogen) atoms. The first-order valence-corrected chi connectivity index (χ1v) is 8.21. The van der Waals surface area contributed by atoms with Gasteiger partial charge in [-0.1, -0.05) is 12.2 Å². The summed E-state index contributed by atoms with van der Waals surface area (Å²) in [5, 5.41) is 2.74. The fraction of sp³-hybridized carbons (Fsp3) is 0.800. The first-order chi connectivity index (χ1) is 8.26. The second-order valence-electron chi connectivity index (χ2n) is 4.65. The first kappa shape index (κ1) is 15.3. The Morgan fingerprint density at radius 1 is 1.44 bits per heavy atom. The number of amides is 1. The third kappa shape index (κ3) is 6.27. The van der Waals surface area contributed by atoms with E-state index >= 15 is 0 Å². The van der Waals surface area contributed by atoms with Crippen molar-refractivity contribution in [2.45, 2.75) is 18.9 Å². The maximum Gasteiger partial charge on any atom is 0.235 e. The molecule has 0 radical (unpaired) electrons. The maximum absolute atomic E-state index is 11.4. The van der Waals surface area contributed by atoms with E-state index in [1.807, 2.05) is 0 Å². The Balaban J connectivity index is 2.31. The van der Waals surface area contributed by atoms with Crippen LogP contribution >= 0.6 is 12.2 Å². The molecule has 0 aromatic carbocycles. The van der Waals surface area contributed by atoms with E-state index in [-0.39, 0.29) is 6.04 Å². The van der Waals surface area contributed by atoms with Crippen molar-refractivity contribution in [2.75, 3.05) is 31.6 Å². The highest BCUT2D eigenvalue weighted by atomic mass is 32.2. The van der Waals surface area contributed by atoms with Crippen LogP contribution in [0.25, 0.3) is 0 Å². The summed E-state index contributed by atoms with van der Waals surface area (Å²) in [6.07, 6.45) is 2.63. The van der Waals surface area contributed by atoms with Crippen molar-refractivity contribution in [2.24, 2.45) is 5.73 Å². The van der Waals surface area contributed by atoms with Gasteiger partial charge >= 0.3 is 0 Å². The number of carbonyl (C=O) groups is 1. The van der Waals surface area contributed by atoms with Crippen LogP contribution in [0.4, 0.5) is 0 Å².